The first-order valence-corrected chi connectivity index (χ1v) is 7.03. The van der Waals surface area contributed by atoms with E-state index in [2.05, 4.69) is 9.44 Å². The van der Waals surface area contributed by atoms with Crippen molar-refractivity contribution in [2.45, 2.75) is 13.8 Å². The van der Waals surface area contributed by atoms with Gasteiger partial charge < -0.3 is 5.11 Å². The number of halogens is 2. The number of rotatable bonds is 5. The third-order valence-corrected chi connectivity index (χ3v) is 3.29. The number of benzene rings is 1. The van der Waals surface area contributed by atoms with Crippen LogP contribution in [0.5, 0.6) is 5.75 Å². The summed E-state index contributed by atoms with van der Waals surface area (Å²) in [5.41, 5.74) is -0.183. The molecule has 0 aliphatic rings. The van der Waals surface area contributed by atoms with Crippen LogP contribution in [0.1, 0.15) is 13.8 Å². The number of phenols is 1. The zero-order valence-electron chi connectivity index (χ0n) is 9.87. The summed E-state index contributed by atoms with van der Waals surface area (Å²) in [5.74, 6) is -1.23. The van der Waals surface area contributed by atoms with Gasteiger partial charge in [-0.1, -0.05) is 25.4 Å². The minimum absolute atomic E-state index is 0.131. The summed E-state index contributed by atoms with van der Waals surface area (Å²) in [7, 11) is -3.82. The van der Waals surface area contributed by atoms with Crippen molar-refractivity contribution in [1.82, 2.24) is 4.72 Å². The Balaban J connectivity index is 2.87. The second kappa shape index (κ2) is 5.73. The van der Waals surface area contributed by atoms with E-state index in [0.29, 0.717) is 0 Å². The third kappa shape index (κ3) is 4.32. The van der Waals surface area contributed by atoms with Crippen molar-refractivity contribution < 1.29 is 17.9 Å². The Labute approximate surface area is 110 Å². The summed E-state index contributed by atoms with van der Waals surface area (Å²) >= 11 is 5.50. The lowest BCUT2D eigenvalue weighted by Gasteiger charge is -2.12. The summed E-state index contributed by atoms with van der Waals surface area (Å²) < 4.78 is 40.5. The van der Waals surface area contributed by atoms with Crippen LogP contribution in [0.4, 0.5) is 10.1 Å². The molecule has 3 N–H and O–H groups in total. The predicted molar refractivity (Wildman–Crippen MR) is 68.5 cm³/mol. The molecular formula is C10H14ClFN2O3S. The van der Waals surface area contributed by atoms with E-state index in [1.807, 2.05) is 13.8 Å². The Morgan fingerprint density at radius 2 is 2.06 bits per heavy atom. The Morgan fingerprint density at radius 3 is 2.61 bits per heavy atom. The van der Waals surface area contributed by atoms with Gasteiger partial charge in [-0.3, -0.25) is 4.72 Å². The topological polar surface area (TPSA) is 78.4 Å². The van der Waals surface area contributed by atoms with Crippen molar-refractivity contribution in [3.63, 3.8) is 0 Å². The van der Waals surface area contributed by atoms with Gasteiger partial charge in [0.15, 0.2) is 0 Å². The summed E-state index contributed by atoms with van der Waals surface area (Å²) in [4.78, 5) is 0. The van der Waals surface area contributed by atoms with E-state index in [-0.39, 0.29) is 23.2 Å². The van der Waals surface area contributed by atoms with Gasteiger partial charge in [0.1, 0.15) is 11.6 Å². The maximum absolute atomic E-state index is 13.0. The molecule has 0 aromatic heterocycles. The second-order valence-electron chi connectivity index (χ2n) is 4.13. The monoisotopic (exact) mass is 296 g/mol. The highest BCUT2D eigenvalue weighted by atomic mass is 35.5. The third-order valence-electron chi connectivity index (χ3n) is 1.96. The molecular weight excluding hydrogens is 283 g/mol. The Kier molecular flexibility index (Phi) is 4.78. The van der Waals surface area contributed by atoms with Crippen molar-refractivity contribution in [1.29, 1.82) is 0 Å². The fraction of sp³-hybridized carbons (Fsp3) is 0.400. The molecule has 0 heterocycles. The lowest BCUT2D eigenvalue weighted by Crippen LogP contribution is -2.32. The normalized spacial score (nSPS) is 11.8. The van der Waals surface area contributed by atoms with Crippen LogP contribution in [-0.2, 0) is 10.2 Å². The van der Waals surface area contributed by atoms with Crippen LogP contribution in [0.25, 0.3) is 0 Å². The lowest BCUT2D eigenvalue weighted by molar-refractivity contribution is 0.471. The smallest absolute Gasteiger partial charge is 0.299 e. The first-order valence-electron chi connectivity index (χ1n) is 5.16. The molecule has 102 valence electrons. The zero-order valence-corrected chi connectivity index (χ0v) is 11.4. The zero-order chi connectivity index (χ0) is 13.9. The van der Waals surface area contributed by atoms with E-state index in [0.717, 1.165) is 12.1 Å². The molecule has 0 saturated carbocycles. The summed E-state index contributed by atoms with van der Waals surface area (Å²) in [6, 6.07) is 1.74. The predicted octanol–water partition coefficient (Wildman–Crippen LogP) is 2.09. The largest absolute Gasteiger partial charge is 0.506 e. The minimum Gasteiger partial charge on any atom is -0.506 e. The van der Waals surface area contributed by atoms with Gasteiger partial charge >= 0.3 is 0 Å². The van der Waals surface area contributed by atoms with Crippen LogP contribution < -0.4 is 9.44 Å². The quantitative estimate of drug-likeness (QED) is 0.728. The fourth-order valence-corrected chi connectivity index (χ4v) is 2.32. The molecule has 0 radical (unpaired) electrons. The van der Waals surface area contributed by atoms with E-state index in [9.17, 15) is 17.9 Å². The average Bonchev–Trinajstić information content (AvgIpc) is 2.23. The van der Waals surface area contributed by atoms with Gasteiger partial charge in [0.25, 0.3) is 10.2 Å². The number of phenolic OH excluding ortho intramolecular Hbond substituents is 1. The molecule has 0 atom stereocenters. The highest BCUT2D eigenvalue weighted by Crippen LogP contribution is 2.29. The molecule has 1 rings (SSSR count). The van der Waals surface area contributed by atoms with E-state index in [4.69, 9.17) is 11.6 Å². The second-order valence-corrected chi connectivity index (χ2v) is 6.04. The molecule has 8 heteroatoms. The van der Waals surface area contributed by atoms with E-state index >= 15 is 0 Å². The van der Waals surface area contributed by atoms with Crippen LogP contribution in [0, 0.1) is 11.7 Å². The van der Waals surface area contributed by atoms with E-state index in [1.54, 1.807) is 0 Å². The Hall–Kier alpha value is -1.05. The molecule has 0 saturated heterocycles. The average molecular weight is 297 g/mol. The molecule has 0 aliphatic heterocycles. The number of nitrogens with one attached hydrogen (secondary N) is 2. The van der Waals surface area contributed by atoms with Gasteiger partial charge in [-0.15, -0.1) is 0 Å². The minimum atomic E-state index is -3.82. The van der Waals surface area contributed by atoms with Crippen LogP contribution in [0.3, 0.4) is 0 Å². The molecule has 18 heavy (non-hydrogen) atoms. The first-order chi connectivity index (χ1) is 8.21. The SMILES string of the molecule is CC(C)CNS(=O)(=O)Nc1cc(Cl)c(F)cc1O. The summed E-state index contributed by atoms with van der Waals surface area (Å²) in [6.45, 7) is 3.93. The fourth-order valence-electron chi connectivity index (χ4n) is 1.08. The molecule has 5 nitrogen and oxygen atoms in total. The molecule has 0 bridgehead atoms. The van der Waals surface area contributed by atoms with Crippen molar-refractivity contribution in [2.24, 2.45) is 5.92 Å². The van der Waals surface area contributed by atoms with E-state index < -0.39 is 21.8 Å². The van der Waals surface area contributed by atoms with Gasteiger partial charge in [0.05, 0.1) is 10.7 Å². The van der Waals surface area contributed by atoms with Gasteiger partial charge in [-0.25, -0.2) is 4.39 Å². The van der Waals surface area contributed by atoms with Crippen LogP contribution in [0.2, 0.25) is 5.02 Å². The number of hydrogen-bond acceptors (Lipinski definition) is 3. The van der Waals surface area contributed by atoms with Crippen molar-refractivity contribution in [2.75, 3.05) is 11.3 Å². The lowest BCUT2D eigenvalue weighted by atomic mass is 10.2. The summed E-state index contributed by atoms with van der Waals surface area (Å²) in [5, 5.41) is 9.12. The van der Waals surface area contributed by atoms with Crippen LogP contribution in [0.15, 0.2) is 12.1 Å². The van der Waals surface area contributed by atoms with Crippen molar-refractivity contribution in [3.8, 4) is 5.75 Å². The first kappa shape index (κ1) is 15.0. The van der Waals surface area contributed by atoms with Crippen LogP contribution in [-0.4, -0.2) is 20.1 Å². The maximum atomic E-state index is 13.0. The molecule has 1 aromatic rings. The highest BCUT2D eigenvalue weighted by Gasteiger charge is 2.15. The van der Waals surface area contributed by atoms with Gasteiger partial charge in [-0.2, -0.15) is 13.1 Å². The van der Waals surface area contributed by atoms with E-state index in [1.165, 1.54) is 0 Å². The van der Waals surface area contributed by atoms with Crippen molar-refractivity contribution >= 4 is 27.5 Å². The maximum Gasteiger partial charge on any atom is 0.299 e. The molecule has 0 fully saturated rings. The molecule has 0 amide bonds. The molecule has 0 spiro atoms. The molecule has 0 unspecified atom stereocenters. The molecule has 1 aromatic carbocycles. The number of anilines is 1. The Morgan fingerprint density at radius 1 is 1.44 bits per heavy atom. The van der Waals surface area contributed by atoms with Crippen molar-refractivity contribution in [3.05, 3.63) is 23.0 Å². The molecule has 0 aliphatic carbocycles. The summed E-state index contributed by atoms with van der Waals surface area (Å²) in [6.07, 6.45) is 0. The number of hydrogen-bond donors (Lipinski definition) is 3. The highest BCUT2D eigenvalue weighted by molar-refractivity contribution is 7.90. The standard InChI is InChI=1S/C10H14ClFN2O3S/c1-6(2)5-13-18(16,17)14-9-3-7(11)8(12)4-10(9)15/h3-4,6,13-15H,5H2,1-2H3. The Bertz CT molecular complexity index is 534. The van der Waals surface area contributed by atoms with Gasteiger partial charge in [-0.05, 0) is 12.0 Å². The van der Waals surface area contributed by atoms with Crippen LogP contribution >= 0.6 is 11.6 Å². The number of aromatic hydroxyl groups is 1. The van der Waals surface area contributed by atoms with Gasteiger partial charge in [0, 0.05) is 12.6 Å². The van der Waals surface area contributed by atoms with Gasteiger partial charge in [0.2, 0.25) is 0 Å².